The maximum atomic E-state index is 13.1. The van der Waals surface area contributed by atoms with E-state index in [1.165, 1.54) is 16.8 Å². The predicted molar refractivity (Wildman–Crippen MR) is 133 cm³/mol. The van der Waals surface area contributed by atoms with Gasteiger partial charge in [0.25, 0.3) is 5.91 Å². The first-order valence-corrected chi connectivity index (χ1v) is 11.9. The van der Waals surface area contributed by atoms with E-state index in [9.17, 15) is 9.59 Å². The van der Waals surface area contributed by atoms with E-state index < -0.39 is 0 Å². The number of nitrogens with one attached hydrogen (secondary N) is 1. The third-order valence-corrected chi connectivity index (χ3v) is 7.03. The number of carbonyl (C=O) groups is 2. The Bertz CT molecular complexity index is 1180. The topological polar surface area (TPSA) is 65.5 Å². The van der Waals surface area contributed by atoms with Crippen LogP contribution in [0.5, 0.6) is 0 Å². The first kappa shape index (κ1) is 22.1. The van der Waals surface area contributed by atoms with E-state index in [4.69, 9.17) is 0 Å². The predicted octanol–water partition coefficient (Wildman–Crippen LogP) is 3.66. The number of amides is 2. The standard InChI is InChI=1S/C28H30N4O2/c1-19-8-11-25(20(2)16-19)31-12-14-32(15-13-31)28(34)24-10-9-22(17-29-24)26-23(18-30-27(26)33)21-6-4-3-5-7-21/h3-11,16-17,23,26H,12-15,18H2,1-2H3,(H,30,33)/t23?,26-/m0/s1. The summed E-state index contributed by atoms with van der Waals surface area (Å²) in [5, 5.41) is 2.98. The molecular formula is C28H30N4O2. The van der Waals surface area contributed by atoms with Crippen molar-refractivity contribution in [1.82, 2.24) is 15.2 Å². The van der Waals surface area contributed by atoms with Gasteiger partial charge in [-0.25, -0.2) is 0 Å². The summed E-state index contributed by atoms with van der Waals surface area (Å²) in [6.07, 6.45) is 1.70. The second kappa shape index (κ2) is 9.29. The van der Waals surface area contributed by atoms with E-state index in [1.807, 2.05) is 29.2 Å². The zero-order chi connectivity index (χ0) is 23.7. The van der Waals surface area contributed by atoms with Crippen molar-refractivity contribution in [3.05, 3.63) is 94.8 Å². The lowest BCUT2D eigenvalue weighted by Crippen LogP contribution is -2.49. The Morgan fingerprint density at radius 1 is 0.941 bits per heavy atom. The zero-order valence-electron chi connectivity index (χ0n) is 19.7. The fraction of sp³-hybridized carbons (Fsp3) is 0.321. The molecule has 5 rings (SSSR count). The summed E-state index contributed by atoms with van der Waals surface area (Å²) >= 11 is 0. The van der Waals surface area contributed by atoms with Gasteiger partial charge in [-0.3, -0.25) is 14.6 Å². The van der Waals surface area contributed by atoms with Crippen LogP contribution in [0.25, 0.3) is 0 Å². The monoisotopic (exact) mass is 454 g/mol. The third kappa shape index (κ3) is 4.28. The first-order valence-electron chi connectivity index (χ1n) is 11.9. The van der Waals surface area contributed by atoms with Gasteiger partial charge in [0.05, 0.1) is 5.92 Å². The van der Waals surface area contributed by atoms with Gasteiger partial charge < -0.3 is 15.1 Å². The molecule has 0 aliphatic carbocycles. The number of hydrogen-bond acceptors (Lipinski definition) is 4. The number of pyridine rings is 1. The summed E-state index contributed by atoms with van der Waals surface area (Å²) in [4.78, 5) is 34.4. The van der Waals surface area contributed by atoms with Gasteiger partial charge in [0.1, 0.15) is 5.69 Å². The number of carbonyl (C=O) groups excluding carboxylic acids is 2. The minimum atomic E-state index is -0.291. The average molecular weight is 455 g/mol. The molecule has 6 heteroatoms. The fourth-order valence-electron chi connectivity index (χ4n) is 5.20. The van der Waals surface area contributed by atoms with Crippen molar-refractivity contribution >= 4 is 17.5 Å². The maximum absolute atomic E-state index is 13.1. The summed E-state index contributed by atoms with van der Waals surface area (Å²) in [6, 6.07) is 20.2. The van der Waals surface area contributed by atoms with Crippen molar-refractivity contribution in [2.75, 3.05) is 37.6 Å². The summed E-state index contributed by atoms with van der Waals surface area (Å²) in [7, 11) is 0. The molecule has 2 aliphatic heterocycles. The third-order valence-electron chi connectivity index (χ3n) is 7.03. The number of benzene rings is 2. The fourth-order valence-corrected chi connectivity index (χ4v) is 5.20. The highest BCUT2D eigenvalue weighted by Crippen LogP contribution is 2.36. The molecule has 2 saturated heterocycles. The van der Waals surface area contributed by atoms with Crippen LogP contribution < -0.4 is 10.2 Å². The van der Waals surface area contributed by atoms with E-state index in [0.717, 1.165) is 24.2 Å². The van der Waals surface area contributed by atoms with Gasteiger partial charge in [-0.15, -0.1) is 0 Å². The van der Waals surface area contributed by atoms with Crippen LogP contribution in [0.2, 0.25) is 0 Å². The van der Waals surface area contributed by atoms with Crippen LogP contribution in [-0.2, 0) is 4.79 Å². The summed E-state index contributed by atoms with van der Waals surface area (Å²) < 4.78 is 0. The van der Waals surface area contributed by atoms with E-state index in [2.05, 4.69) is 59.4 Å². The number of piperazine rings is 1. The van der Waals surface area contributed by atoms with Crippen molar-refractivity contribution in [3.8, 4) is 0 Å². The van der Waals surface area contributed by atoms with E-state index in [1.54, 1.807) is 12.3 Å². The highest BCUT2D eigenvalue weighted by atomic mass is 16.2. The Balaban J connectivity index is 1.26. The van der Waals surface area contributed by atoms with Crippen LogP contribution in [0.3, 0.4) is 0 Å². The molecular weight excluding hydrogens is 424 g/mol. The molecule has 1 N–H and O–H groups in total. The molecule has 0 saturated carbocycles. The molecule has 2 amide bonds. The van der Waals surface area contributed by atoms with E-state index in [0.29, 0.717) is 25.3 Å². The Labute approximate surface area is 200 Å². The number of hydrogen-bond donors (Lipinski definition) is 1. The van der Waals surface area contributed by atoms with Gasteiger partial charge in [0, 0.05) is 50.5 Å². The molecule has 3 heterocycles. The van der Waals surface area contributed by atoms with Crippen molar-refractivity contribution in [2.45, 2.75) is 25.7 Å². The Morgan fingerprint density at radius 2 is 1.71 bits per heavy atom. The molecule has 0 spiro atoms. The number of nitrogens with zero attached hydrogens (tertiary/aromatic N) is 3. The van der Waals surface area contributed by atoms with Crippen LogP contribution in [0.15, 0.2) is 66.9 Å². The largest absolute Gasteiger partial charge is 0.368 e. The van der Waals surface area contributed by atoms with Crippen molar-refractivity contribution in [2.24, 2.45) is 0 Å². The molecule has 34 heavy (non-hydrogen) atoms. The van der Waals surface area contributed by atoms with Gasteiger partial charge in [-0.2, -0.15) is 0 Å². The van der Waals surface area contributed by atoms with E-state index >= 15 is 0 Å². The molecule has 1 aromatic heterocycles. The molecule has 174 valence electrons. The lowest BCUT2D eigenvalue weighted by molar-refractivity contribution is -0.120. The Morgan fingerprint density at radius 3 is 2.38 bits per heavy atom. The summed E-state index contributed by atoms with van der Waals surface area (Å²) in [5.41, 5.74) is 6.17. The molecule has 6 nitrogen and oxygen atoms in total. The maximum Gasteiger partial charge on any atom is 0.272 e. The summed E-state index contributed by atoms with van der Waals surface area (Å²) in [6.45, 7) is 7.78. The number of aryl methyl sites for hydroxylation is 2. The van der Waals surface area contributed by atoms with Gasteiger partial charge in [0.15, 0.2) is 0 Å². The number of aromatic nitrogens is 1. The van der Waals surface area contributed by atoms with E-state index in [-0.39, 0.29) is 23.7 Å². The Hall–Kier alpha value is -3.67. The molecule has 2 aliphatic rings. The van der Waals surface area contributed by atoms with Crippen LogP contribution in [0.1, 0.15) is 44.6 Å². The minimum Gasteiger partial charge on any atom is -0.368 e. The molecule has 0 bridgehead atoms. The van der Waals surface area contributed by atoms with Gasteiger partial charge in [-0.05, 0) is 42.7 Å². The number of anilines is 1. The molecule has 0 radical (unpaired) electrons. The highest BCUT2D eigenvalue weighted by Gasteiger charge is 2.37. The Kier molecular flexibility index (Phi) is 6.05. The van der Waals surface area contributed by atoms with Crippen molar-refractivity contribution < 1.29 is 9.59 Å². The molecule has 3 aromatic rings. The zero-order valence-corrected chi connectivity index (χ0v) is 19.7. The number of rotatable bonds is 4. The molecule has 2 atom stereocenters. The highest BCUT2D eigenvalue weighted by molar-refractivity contribution is 5.93. The van der Waals surface area contributed by atoms with Crippen LogP contribution in [0, 0.1) is 13.8 Å². The minimum absolute atomic E-state index is 0.0113. The molecule has 2 aromatic carbocycles. The summed E-state index contributed by atoms with van der Waals surface area (Å²) in [5.74, 6) is -0.268. The van der Waals surface area contributed by atoms with Crippen molar-refractivity contribution in [1.29, 1.82) is 0 Å². The van der Waals surface area contributed by atoms with Crippen LogP contribution in [-0.4, -0.2) is 54.4 Å². The van der Waals surface area contributed by atoms with Gasteiger partial charge in [-0.1, -0.05) is 54.1 Å². The average Bonchev–Trinajstić information content (AvgIpc) is 3.26. The quantitative estimate of drug-likeness (QED) is 0.654. The second-order valence-electron chi connectivity index (χ2n) is 9.29. The lowest BCUT2D eigenvalue weighted by atomic mass is 9.84. The second-order valence-corrected chi connectivity index (χ2v) is 9.29. The van der Waals surface area contributed by atoms with Crippen LogP contribution in [0.4, 0.5) is 5.69 Å². The molecule has 2 fully saturated rings. The smallest absolute Gasteiger partial charge is 0.272 e. The van der Waals surface area contributed by atoms with Gasteiger partial charge >= 0.3 is 0 Å². The van der Waals surface area contributed by atoms with Gasteiger partial charge in [0.2, 0.25) is 5.91 Å². The molecule has 1 unspecified atom stereocenters. The normalized spacial score (nSPS) is 20.4. The first-order chi connectivity index (χ1) is 16.5. The lowest BCUT2D eigenvalue weighted by Gasteiger charge is -2.36. The SMILES string of the molecule is Cc1ccc(N2CCN(C(=O)c3ccc([C@@H]4C(=O)NCC4c4ccccc4)cn3)CC2)c(C)c1. The van der Waals surface area contributed by atoms with Crippen molar-refractivity contribution in [3.63, 3.8) is 0 Å². The van der Waals surface area contributed by atoms with Crippen LogP contribution >= 0.6 is 0 Å².